The van der Waals surface area contributed by atoms with Gasteiger partial charge in [-0.15, -0.1) is 6.58 Å². The maximum atomic E-state index is 13.0. The molecule has 7 heteroatoms. The van der Waals surface area contributed by atoms with Gasteiger partial charge in [-0.05, 0) is 64.3 Å². The van der Waals surface area contributed by atoms with Crippen LogP contribution in [0, 0.1) is 0 Å². The standard InChI is InChI=1S/C21H26N2O4.C8H8.C3H6O/c1-6-9-27-19(26)13-7-8-15-16(10-13)18(25)23(17(15)24)14-11-20(2,3)22-21(4,5)12-14;1-2-8-6-4-3-5-7-8;1-2-3-4/h6-8,10,14,22H,1,9,11-12H2,2-5H3;2-7H,1H2;2,4H,1,3H2. The van der Waals surface area contributed by atoms with Crippen LogP contribution >= 0.6 is 0 Å². The van der Waals surface area contributed by atoms with Gasteiger partial charge in [-0.2, -0.15) is 0 Å². The van der Waals surface area contributed by atoms with Gasteiger partial charge in [0.05, 0.1) is 23.3 Å². The third-order valence-electron chi connectivity index (χ3n) is 6.18. The number of esters is 1. The number of imide groups is 1. The van der Waals surface area contributed by atoms with E-state index in [4.69, 9.17) is 9.84 Å². The first-order chi connectivity index (χ1) is 18.4. The second kappa shape index (κ2) is 13.8. The van der Waals surface area contributed by atoms with Crippen molar-refractivity contribution in [2.45, 2.75) is 57.7 Å². The van der Waals surface area contributed by atoms with Crippen molar-refractivity contribution in [2.24, 2.45) is 0 Å². The highest BCUT2D eigenvalue weighted by molar-refractivity contribution is 6.22. The minimum absolute atomic E-state index is 0.0833. The van der Waals surface area contributed by atoms with Crippen molar-refractivity contribution < 1.29 is 24.2 Å². The second-order valence-electron chi connectivity index (χ2n) is 10.7. The van der Waals surface area contributed by atoms with Crippen LogP contribution in [0.25, 0.3) is 6.08 Å². The van der Waals surface area contributed by atoms with Gasteiger partial charge in [-0.1, -0.05) is 61.7 Å². The highest BCUT2D eigenvalue weighted by Gasteiger charge is 2.47. The summed E-state index contributed by atoms with van der Waals surface area (Å²) < 4.78 is 5.02. The van der Waals surface area contributed by atoms with Crippen LogP contribution in [0.5, 0.6) is 0 Å². The molecule has 0 saturated carbocycles. The van der Waals surface area contributed by atoms with Crippen molar-refractivity contribution in [3.8, 4) is 0 Å². The highest BCUT2D eigenvalue weighted by atomic mass is 16.5. The van der Waals surface area contributed by atoms with E-state index < -0.39 is 5.97 Å². The van der Waals surface area contributed by atoms with Gasteiger partial charge in [0.1, 0.15) is 6.61 Å². The number of hydrogen-bond donors (Lipinski definition) is 2. The van der Waals surface area contributed by atoms with Crippen molar-refractivity contribution in [3.63, 3.8) is 0 Å². The number of carbonyl (C=O) groups is 3. The molecule has 0 radical (unpaired) electrons. The quantitative estimate of drug-likeness (QED) is 0.293. The van der Waals surface area contributed by atoms with Crippen LogP contribution in [-0.4, -0.2) is 58.1 Å². The summed E-state index contributed by atoms with van der Waals surface area (Å²) in [4.78, 5) is 39.4. The van der Waals surface area contributed by atoms with Crippen LogP contribution in [-0.2, 0) is 4.74 Å². The smallest absolute Gasteiger partial charge is 0.338 e. The summed E-state index contributed by atoms with van der Waals surface area (Å²) >= 11 is 0. The Balaban J connectivity index is 0.000000368. The van der Waals surface area contributed by atoms with Crippen LogP contribution in [0.2, 0.25) is 0 Å². The summed E-state index contributed by atoms with van der Waals surface area (Å²) in [6, 6.07) is 14.4. The molecule has 39 heavy (non-hydrogen) atoms. The molecule has 2 aliphatic heterocycles. The van der Waals surface area contributed by atoms with E-state index in [1.54, 1.807) is 0 Å². The minimum Gasteiger partial charge on any atom is -0.458 e. The van der Waals surface area contributed by atoms with Gasteiger partial charge < -0.3 is 15.2 Å². The molecule has 0 atom stereocenters. The topological polar surface area (TPSA) is 95.9 Å². The van der Waals surface area contributed by atoms with E-state index in [0.29, 0.717) is 18.4 Å². The molecular formula is C32H40N2O5. The number of aliphatic hydroxyl groups is 1. The molecule has 4 rings (SSSR count). The van der Waals surface area contributed by atoms with E-state index >= 15 is 0 Å². The molecular weight excluding hydrogens is 492 g/mol. The Bertz CT molecular complexity index is 1180. The fourth-order valence-electron chi connectivity index (χ4n) is 4.98. The number of nitrogens with zero attached hydrogens (tertiary/aromatic N) is 1. The molecule has 0 aliphatic carbocycles. The summed E-state index contributed by atoms with van der Waals surface area (Å²) in [5.41, 5.74) is 1.65. The lowest BCUT2D eigenvalue weighted by Crippen LogP contribution is -2.62. The van der Waals surface area contributed by atoms with Crippen molar-refractivity contribution in [2.75, 3.05) is 13.2 Å². The summed E-state index contributed by atoms with van der Waals surface area (Å²) in [7, 11) is 0. The number of amides is 2. The largest absolute Gasteiger partial charge is 0.458 e. The van der Waals surface area contributed by atoms with E-state index in [2.05, 4.69) is 52.7 Å². The molecule has 0 bridgehead atoms. The maximum Gasteiger partial charge on any atom is 0.338 e. The molecule has 2 heterocycles. The Morgan fingerprint density at radius 2 is 1.54 bits per heavy atom. The third kappa shape index (κ3) is 8.60. The van der Waals surface area contributed by atoms with Crippen LogP contribution < -0.4 is 5.32 Å². The van der Waals surface area contributed by atoms with Crippen molar-refractivity contribution in [3.05, 3.63) is 103 Å². The number of rotatable bonds is 6. The third-order valence-corrected chi connectivity index (χ3v) is 6.18. The molecule has 2 aromatic rings. The van der Waals surface area contributed by atoms with Gasteiger partial charge in [0.2, 0.25) is 0 Å². The van der Waals surface area contributed by atoms with Gasteiger partial charge in [-0.3, -0.25) is 14.5 Å². The Morgan fingerprint density at radius 3 is 2.03 bits per heavy atom. The van der Waals surface area contributed by atoms with Crippen LogP contribution in [0.1, 0.15) is 77.2 Å². The average Bonchev–Trinajstić information content (AvgIpc) is 3.15. The first-order valence-electron chi connectivity index (χ1n) is 12.9. The highest BCUT2D eigenvalue weighted by Crippen LogP contribution is 2.36. The molecule has 7 nitrogen and oxygen atoms in total. The van der Waals surface area contributed by atoms with Crippen molar-refractivity contribution >= 4 is 23.9 Å². The number of nitrogens with one attached hydrogen (secondary N) is 1. The molecule has 2 aromatic carbocycles. The summed E-state index contributed by atoms with van der Waals surface area (Å²) in [5, 5.41) is 11.3. The lowest BCUT2D eigenvalue weighted by Gasteiger charge is -2.48. The Hall–Kier alpha value is -3.81. The van der Waals surface area contributed by atoms with E-state index in [-0.39, 0.29) is 53.3 Å². The minimum atomic E-state index is -0.541. The number of carbonyl (C=O) groups excluding carboxylic acids is 3. The molecule has 0 spiro atoms. The Labute approximate surface area is 231 Å². The van der Waals surface area contributed by atoms with E-state index in [1.165, 1.54) is 40.8 Å². The SMILES string of the molecule is C=CCO.C=CCOC(=O)c1ccc2c(c1)C(=O)N(C1CC(C)(C)NC(C)(C)C1)C2=O.C=Cc1ccccc1. The molecule has 0 unspecified atom stereocenters. The zero-order valence-corrected chi connectivity index (χ0v) is 23.4. The number of piperidine rings is 1. The van der Waals surface area contributed by atoms with Gasteiger partial charge in [-0.25, -0.2) is 4.79 Å². The number of benzene rings is 2. The monoisotopic (exact) mass is 532 g/mol. The first kappa shape index (κ1) is 31.4. The fourth-order valence-corrected chi connectivity index (χ4v) is 4.98. The summed E-state index contributed by atoms with van der Waals surface area (Å²) in [6.45, 7) is 18.8. The molecule has 1 fully saturated rings. The van der Waals surface area contributed by atoms with Crippen LogP contribution in [0.15, 0.2) is 80.4 Å². The number of hydrogen-bond acceptors (Lipinski definition) is 6. The summed E-state index contributed by atoms with van der Waals surface area (Å²) in [6.07, 6.45) is 6.09. The predicted molar refractivity (Wildman–Crippen MR) is 156 cm³/mol. The average molecular weight is 533 g/mol. The number of ether oxygens (including phenoxy) is 1. The van der Waals surface area contributed by atoms with Crippen molar-refractivity contribution in [1.29, 1.82) is 0 Å². The molecule has 2 amide bonds. The van der Waals surface area contributed by atoms with Gasteiger partial charge >= 0.3 is 5.97 Å². The lowest BCUT2D eigenvalue weighted by molar-refractivity contribution is 0.0412. The van der Waals surface area contributed by atoms with Gasteiger partial charge in [0, 0.05) is 17.1 Å². The lowest BCUT2D eigenvalue weighted by atomic mass is 9.79. The number of aliphatic hydroxyl groups excluding tert-OH is 1. The Kier molecular flexibility index (Phi) is 11.1. The predicted octanol–water partition coefficient (Wildman–Crippen LogP) is 5.43. The van der Waals surface area contributed by atoms with E-state index in [0.717, 1.165) is 0 Å². The van der Waals surface area contributed by atoms with E-state index in [1.807, 2.05) is 36.4 Å². The molecule has 0 aromatic heterocycles. The fraction of sp³-hybridized carbons (Fsp3) is 0.344. The second-order valence-corrected chi connectivity index (χ2v) is 10.7. The molecule has 208 valence electrons. The van der Waals surface area contributed by atoms with Gasteiger partial charge in [0.15, 0.2) is 0 Å². The molecule has 2 aliphatic rings. The van der Waals surface area contributed by atoms with Gasteiger partial charge in [0.25, 0.3) is 11.8 Å². The zero-order valence-electron chi connectivity index (χ0n) is 23.4. The van der Waals surface area contributed by atoms with Crippen LogP contribution in [0.3, 0.4) is 0 Å². The normalized spacial score (nSPS) is 17.0. The zero-order chi connectivity index (χ0) is 29.2. The first-order valence-corrected chi connectivity index (χ1v) is 12.9. The maximum absolute atomic E-state index is 13.0. The molecule has 2 N–H and O–H groups in total. The van der Waals surface area contributed by atoms with Crippen LogP contribution in [0.4, 0.5) is 0 Å². The molecule has 1 saturated heterocycles. The number of fused-ring (bicyclic) bond motifs is 1. The Morgan fingerprint density at radius 1 is 0.974 bits per heavy atom. The van der Waals surface area contributed by atoms with E-state index in [9.17, 15) is 14.4 Å². The van der Waals surface area contributed by atoms with Crippen molar-refractivity contribution in [1.82, 2.24) is 10.2 Å². The summed E-state index contributed by atoms with van der Waals surface area (Å²) in [5.74, 6) is -1.17.